The third-order valence-electron chi connectivity index (χ3n) is 18.1. The van der Waals surface area contributed by atoms with Gasteiger partial charge in [-0.05, 0) is 77.0 Å². The molecule has 0 aromatic heterocycles. The molecule has 0 aromatic rings. The highest BCUT2D eigenvalue weighted by molar-refractivity contribution is 5.71. The average molecular weight is 1280 g/mol. The number of hydrogen-bond donors (Lipinski definition) is 1. The molecule has 2 atom stereocenters. The van der Waals surface area contributed by atoms with Gasteiger partial charge in [-0.25, -0.2) is 4.79 Å². The summed E-state index contributed by atoms with van der Waals surface area (Å²) in [6.07, 6.45) is 92.7. The lowest BCUT2D eigenvalue weighted by Gasteiger charge is -2.25. The van der Waals surface area contributed by atoms with E-state index in [-0.39, 0.29) is 38.2 Å². The molecule has 0 fully saturated rings. The first-order valence-corrected chi connectivity index (χ1v) is 39.8. The van der Waals surface area contributed by atoms with Gasteiger partial charge >= 0.3 is 17.9 Å². The number of ether oxygens (including phenoxy) is 4. The second kappa shape index (κ2) is 73.1. The van der Waals surface area contributed by atoms with Crippen molar-refractivity contribution in [2.24, 2.45) is 0 Å². The minimum Gasteiger partial charge on any atom is -0.477 e. The van der Waals surface area contributed by atoms with E-state index in [1.807, 2.05) is 21.1 Å². The molecule has 0 bridgehead atoms. The predicted molar refractivity (Wildman–Crippen MR) is 392 cm³/mol. The molecule has 0 aliphatic rings. The molecule has 0 aliphatic carbocycles. The number of quaternary nitrogens is 1. The number of hydrogen-bond acceptors (Lipinski definition) is 7. The van der Waals surface area contributed by atoms with Crippen LogP contribution in [-0.2, 0) is 33.3 Å². The summed E-state index contributed by atoms with van der Waals surface area (Å²) in [6, 6.07) is 0. The lowest BCUT2D eigenvalue weighted by molar-refractivity contribution is -0.870. The summed E-state index contributed by atoms with van der Waals surface area (Å²) in [7, 11) is 6.00. The number of carboxylic acids is 1. The van der Waals surface area contributed by atoms with Crippen molar-refractivity contribution >= 4 is 17.9 Å². The van der Waals surface area contributed by atoms with Gasteiger partial charge in [-0.2, -0.15) is 0 Å². The molecule has 0 saturated carbocycles. The molecule has 0 radical (unpaired) electrons. The Morgan fingerprint density at radius 1 is 0.330 bits per heavy atom. The van der Waals surface area contributed by atoms with Crippen molar-refractivity contribution in [3.8, 4) is 0 Å². The first kappa shape index (κ1) is 88.2. The highest BCUT2D eigenvalue weighted by atomic mass is 16.7. The molecule has 9 heteroatoms. The van der Waals surface area contributed by atoms with Gasteiger partial charge in [0.2, 0.25) is 0 Å². The third-order valence-corrected chi connectivity index (χ3v) is 18.1. The molecule has 9 nitrogen and oxygen atoms in total. The van der Waals surface area contributed by atoms with Crippen LogP contribution in [0.25, 0.3) is 0 Å². The van der Waals surface area contributed by atoms with Gasteiger partial charge in [0.1, 0.15) is 13.2 Å². The fourth-order valence-corrected chi connectivity index (χ4v) is 12.0. The Hall–Kier alpha value is -2.75. The topological polar surface area (TPSA) is 108 Å². The number of allylic oxidation sites excluding steroid dienone is 8. The fraction of sp³-hybridized carbons (Fsp3) is 0.866. The van der Waals surface area contributed by atoms with Gasteiger partial charge in [-0.15, -0.1) is 0 Å². The highest BCUT2D eigenvalue weighted by Gasteiger charge is 2.25. The minimum atomic E-state index is -1.51. The Labute approximate surface area is 565 Å². The molecular weight excluding hydrogens is 1130 g/mol. The van der Waals surface area contributed by atoms with Gasteiger partial charge in [0.15, 0.2) is 6.10 Å². The Bertz CT molecular complexity index is 1630. The molecule has 0 aliphatic heterocycles. The zero-order chi connectivity index (χ0) is 66.1. The smallest absolute Gasteiger partial charge is 0.361 e. The van der Waals surface area contributed by atoms with Crippen LogP contribution < -0.4 is 0 Å². The standard InChI is InChI=1S/C82H153NO8/c1-6-8-10-12-14-16-18-20-22-24-26-28-30-32-34-36-37-38-39-40-41-42-43-45-47-49-51-53-55-57-59-61-63-65-67-69-71-73-80(85)91-78(77-90-82(81(86)87)88-75-74-83(3,4)5)76-89-79(84)72-70-68-66-64-62-60-58-56-54-52-50-48-46-44-35-33-31-29-27-25-23-21-19-17-15-13-11-9-7-2/h18,20,24-27,30,32,78,82H,6-17,19,21-23,28-29,31,33-77H2,1-5H3/p+1/b20-18-,26-24-,27-25-,32-30-. The highest BCUT2D eigenvalue weighted by Crippen LogP contribution is 2.19. The van der Waals surface area contributed by atoms with E-state index in [0.717, 1.165) is 51.4 Å². The Morgan fingerprint density at radius 3 is 0.890 bits per heavy atom. The van der Waals surface area contributed by atoms with Crippen molar-refractivity contribution in [1.82, 2.24) is 0 Å². The summed E-state index contributed by atoms with van der Waals surface area (Å²) in [4.78, 5) is 37.7. The molecule has 0 amide bonds. The third kappa shape index (κ3) is 74.5. The summed E-state index contributed by atoms with van der Waals surface area (Å²) < 4.78 is 23.1. The lowest BCUT2D eigenvalue weighted by atomic mass is 10.0. The van der Waals surface area contributed by atoms with E-state index in [0.29, 0.717) is 17.4 Å². The SMILES string of the molecule is CCCCCCC/C=C\C/C=C\C/C=C\CCCCCCCCCCCCCCCCCCCCCCCCC(=O)OC(COC(=O)CCCCCCCCCCCCCCCCCCC/C=C\CCCCCCCCCC)COC(OCC[N+](C)(C)C)C(=O)O. The zero-order valence-corrected chi connectivity index (χ0v) is 61.3. The van der Waals surface area contributed by atoms with E-state index in [1.54, 1.807) is 0 Å². The summed E-state index contributed by atoms with van der Waals surface area (Å²) in [5.41, 5.74) is 0. The average Bonchev–Trinajstić information content (AvgIpc) is 3.50. The summed E-state index contributed by atoms with van der Waals surface area (Å²) in [6.45, 7) is 4.94. The maximum absolute atomic E-state index is 13.0. The van der Waals surface area contributed by atoms with Crippen LogP contribution in [0, 0.1) is 0 Å². The number of rotatable bonds is 75. The van der Waals surface area contributed by atoms with Crippen LogP contribution in [-0.4, -0.2) is 87.4 Å². The van der Waals surface area contributed by atoms with E-state index in [2.05, 4.69) is 62.5 Å². The summed E-state index contributed by atoms with van der Waals surface area (Å²) >= 11 is 0. The molecule has 1 N–H and O–H groups in total. The van der Waals surface area contributed by atoms with Gasteiger partial charge in [0.05, 0.1) is 34.4 Å². The van der Waals surface area contributed by atoms with Gasteiger partial charge in [0, 0.05) is 12.8 Å². The number of aliphatic carboxylic acids is 1. The second-order valence-corrected chi connectivity index (χ2v) is 28.4. The predicted octanol–water partition coefficient (Wildman–Crippen LogP) is 25.3. The molecule has 2 unspecified atom stereocenters. The largest absolute Gasteiger partial charge is 0.477 e. The summed E-state index contributed by atoms with van der Waals surface area (Å²) in [5, 5.41) is 9.77. The van der Waals surface area contributed by atoms with Crippen LogP contribution >= 0.6 is 0 Å². The van der Waals surface area contributed by atoms with Crippen molar-refractivity contribution in [3.05, 3.63) is 48.6 Å². The number of carboxylic acid groups (broad SMARTS) is 1. The van der Waals surface area contributed by atoms with Crippen molar-refractivity contribution < 1.29 is 42.9 Å². The minimum absolute atomic E-state index is 0.176. The fourth-order valence-electron chi connectivity index (χ4n) is 12.0. The molecule has 0 saturated heterocycles. The molecule has 0 rings (SSSR count). The number of carbonyl (C=O) groups excluding carboxylic acids is 2. The number of carbonyl (C=O) groups is 3. The van der Waals surface area contributed by atoms with E-state index in [1.165, 1.54) is 321 Å². The van der Waals surface area contributed by atoms with Crippen molar-refractivity contribution in [2.45, 2.75) is 411 Å². The molecule has 0 heterocycles. The maximum atomic E-state index is 13.0. The van der Waals surface area contributed by atoms with E-state index >= 15 is 0 Å². The van der Waals surface area contributed by atoms with E-state index in [9.17, 15) is 19.5 Å². The molecule has 534 valence electrons. The first-order chi connectivity index (χ1) is 44.6. The van der Waals surface area contributed by atoms with Crippen LogP contribution in [0.4, 0.5) is 0 Å². The van der Waals surface area contributed by atoms with Gasteiger partial charge in [-0.1, -0.05) is 358 Å². The van der Waals surface area contributed by atoms with Crippen molar-refractivity contribution in [3.63, 3.8) is 0 Å². The molecule has 91 heavy (non-hydrogen) atoms. The van der Waals surface area contributed by atoms with Crippen LogP contribution in [0.15, 0.2) is 48.6 Å². The lowest BCUT2D eigenvalue weighted by Crippen LogP contribution is -2.40. The molecule has 0 aromatic carbocycles. The van der Waals surface area contributed by atoms with Crippen LogP contribution in [0.5, 0.6) is 0 Å². The van der Waals surface area contributed by atoms with Crippen molar-refractivity contribution in [2.75, 3.05) is 47.5 Å². The number of nitrogens with zero attached hydrogens (tertiary/aromatic N) is 1. The molecule has 0 spiro atoms. The van der Waals surface area contributed by atoms with Gasteiger partial charge < -0.3 is 28.5 Å². The first-order valence-electron chi connectivity index (χ1n) is 39.8. The quantitative estimate of drug-likeness (QED) is 0.0211. The van der Waals surface area contributed by atoms with Crippen LogP contribution in [0.2, 0.25) is 0 Å². The maximum Gasteiger partial charge on any atom is 0.361 e. The second-order valence-electron chi connectivity index (χ2n) is 28.4. The Kier molecular flexibility index (Phi) is 70.9. The monoisotopic (exact) mass is 1280 g/mol. The zero-order valence-electron chi connectivity index (χ0n) is 61.3. The van der Waals surface area contributed by atoms with Crippen LogP contribution in [0.1, 0.15) is 399 Å². The Morgan fingerprint density at radius 2 is 0.593 bits per heavy atom. The molecular formula is C82H154NO8+. The number of unbranched alkanes of at least 4 members (excludes halogenated alkanes) is 52. The van der Waals surface area contributed by atoms with E-state index < -0.39 is 18.4 Å². The normalized spacial score (nSPS) is 12.8. The number of esters is 2. The van der Waals surface area contributed by atoms with Crippen molar-refractivity contribution in [1.29, 1.82) is 0 Å². The van der Waals surface area contributed by atoms with Gasteiger partial charge in [0.25, 0.3) is 6.29 Å². The Balaban J connectivity index is 3.98. The van der Waals surface area contributed by atoms with E-state index in [4.69, 9.17) is 18.9 Å². The van der Waals surface area contributed by atoms with Gasteiger partial charge in [-0.3, -0.25) is 9.59 Å². The number of likely N-dealkylation sites (N-methyl/N-ethyl adjacent to an activating group) is 1. The van der Waals surface area contributed by atoms with Crippen LogP contribution in [0.3, 0.4) is 0 Å². The summed E-state index contributed by atoms with van der Waals surface area (Å²) in [5.74, 6) is -1.97.